The first kappa shape index (κ1) is 7.89. The van der Waals surface area contributed by atoms with Crippen molar-refractivity contribution in [3.8, 4) is 0 Å². The Hall–Kier alpha value is -0.210. The highest BCUT2D eigenvalue weighted by atomic mass is 32.1. The molecule has 10 heavy (non-hydrogen) atoms. The summed E-state index contributed by atoms with van der Waals surface area (Å²) in [6.45, 7) is 0. The fraction of sp³-hybridized carbons (Fsp3) is 0.500. The van der Waals surface area contributed by atoms with Crippen molar-refractivity contribution in [2.75, 3.05) is 0 Å². The summed E-state index contributed by atoms with van der Waals surface area (Å²) in [5.41, 5.74) is 6.85. The average molecular weight is 155 g/mol. The Morgan fingerprint density at radius 2 is 2.40 bits per heavy atom. The molecule has 0 aromatic rings. The van der Waals surface area contributed by atoms with Crippen LogP contribution in [0.1, 0.15) is 19.3 Å². The number of allylic oxidation sites excluding steroid dienone is 3. The monoisotopic (exact) mass is 155 g/mol. The summed E-state index contributed by atoms with van der Waals surface area (Å²) in [4.78, 5) is 0. The molecular formula is C8H13NS. The van der Waals surface area contributed by atoms with Crippen LogP contribution in [0.4, 0.5) is 0 Å². The lowest BCUT2D eigenvalue weighted by Gasteiger charge is -2.06. The molecule has 0 unspecified atom stereocenters. The first-order valence-electron chi connectivity index (χ1n) is 3.60. The molecule has 56 valence electrons. The van der Waals surface area contributed by atoms with Gasteiger partial charge < -0.3 is 5.73 Å². The second kappa shape index (κ2) is 3.84. The van der Waals surface area contributed by atoms with Crippen molar-refractivity contribution in [1.29, 1.82) is 0 Å². The quantitative estimate of drug-likeness (QED) is 0.439. The van der Waals surface area contributed by atoms with E-state index in [0.29, 0.717) is 0 Å². The Balaban J connectivity index is 2.57. The Morgan fingerprint density at radius 3 is 3.10 bits per heavy atom. The van der Waals surface area contributed by atoms with E-state index in [4.69, 9.17) is 5.73 Å². The molecule has 0 saturated heterocycles. The summed E-state index contributed by atoms with van der Waals surface area (Å²) in [5, 5.41) is -0.0669. The molecule has 0 radical (unpaired) electrons. The molecule has 0 aromatic carbocycles. The van der Waals surface area contributed by atoms with Gasteiger partial charge in [0.15, 0.2) is 0 Å². The molecule has 1 aliphatic rings. The zero-order valence-corrected chi connectivity index (χ0v) is 6.85. The lowest BCUT2D eigenvalue weighted by molar-refractivity contribution is 0.810. The van der Waals surface area contributed by atoms with Crippen molar-refractivity contribution in [3.05, 3.63) is 23.8 Å². The zero-order chi connectivity index (χ0) is 7.40. The summed E-state index contributed by atoms with van der Waals surface area (Å²) >= 11 is 4.16. The van der Waals surface area contributed by atoms with Crippen molar-refractivity contribution in [1.82, 2.24) is 0 Å². The predicted octanol–water partition coefficient (Wildman–Crippen LogP) is 1.87. The Kier molecular flexibility index (Phi) is 3.03. The predicted molar refractivity (Wildman–Crippen MR) is 48.0 cm³/mol. The van der Waals surface area contributed by atoms with Crippen molar-refractivity contribution < 1.29 is 0 Å². The molecule has 2 heteroatoms. The number of rotatable bonds is 1. The second-order valence-corrected chi connectivity index (χ2v) is 3.06. The summed E-state index contributed by atoms with van der Waals surface area (Å²) in [5.74, 6) is 0. The third kappa shape index (κ3) is 2.20. The summed E-state index contributed by atoms with van der Waals surface area (Å²) in [7, 11) is 0. The molecule has 0 spiro atoms. The SMILES string of the molecule is N[C@H](S)C1=CC=CCCC1. The van der Waals surface area contributed by atoms with Gasteiger partial charge in [-0.1, -0.05) is 18.2 Å². The van der Waals surface area contributed by atoms with Crippen LogP contribution >= 0.6 is 12.6 Å². The van der Waals surface area contributed by atoms with Gasteiger partial charge in [-0.05, 0) is 24.8 Å². The fourth-order valence-electron chi connectivity index (χ4n) is 1.04. The standard InChI is InChI=1S/C8H13NS/c9-8(10)7-5-3-1-2-4-6-7/h1,3,5,8,10H,2,4,6,9H2/t8-/m1/s1. The Morgan fingerprint density at radius 1 is 1.60 bits per heavy atom. The normalized spacial score (nSPS) is 21.6. The van der Waals surface area contributed by atoms with E-state index in [0.717, 1.165) is 6.42 Å². The van der Waals surface area contributed by atoms with Crippen LogP contribution < -0.4 is 5.73 Å². The van der Waals surface area contributed by atoms with E-state index in [1.54, 1.807) is 0 Å². The van der Waals surface area contributed by atoms with E-state index in [2.05, 4.69) is 30.9 Å². The van der Waals surface area contributed by atoms with Crippen molar-refractivity contribution in [2.45, 2.75) is 24.6 Å². The van der Waals surface area contributed by atoms with Gasteiger partial charge in [0.05, 0.1) is 5.37 Å². The van der Waals surface area contributed by atoms with E-state index in [1.807, 2.05) is 0 Å². The molecule has 0 aromatic heterocycles. The van der Waals surface area contributed by atoms with Gasteiger partial charge in [0.1, 0.15) is 0 Å². The highest BCUT2D eigenvalue weighted by Gasteiger charge is 2.03. The molecule has 0 aliphatic heterocycles. The second-order valence-electron chi connectivity index (χ2n) is 2.51. The van der Waals surface area contributed by atoms with Gasteiger partial charge in [0.2, 0.25) is 0 Å². The first-order valence-corrected chi connectivity index (χ1v) is 4.11. The molecule has 1 nitrogen and oxygen atoms in total. The van der Waals surface area contributed by atoms with Crippen molar-refractivity contribution in [3.63, 3.8) is 0 Å². The van der Waals surface area contributed by atoms with Gasteiger partial charge in [-0.3, -0.25) is 0 Å². The number of thiol groups is 1. The van der Waals surface area contributed by atoms with Gasteiger partial charge in [0.25, 0.3) is 0 Å². The van der Waals surface area contributed by atoms with Crippen LogP contribution in [0.5, 0.6) is 0 Å². The van der Waals surface area contributed by atoms with Crippen molar-refractivity contribution in [2.24, 2.45) is 5.73 Å². The molecule has 1 rings (SSSR count). The van der Waals surface area contributed by atoms with Crippen LogP contribution in [0.15, 0.2) is 23.8 Å². The van der Waals surface area contributed by atoms with Crippen LogP contribution in [0.3, 0.4) is 0 Å². The molecule has 0 saturated carbocycles. The summed E-state index contributed by atoms with van der Waals surface area (Å²) < 4.78 is 0. The van der Waals surface area contributed by atoms with Crippen LogP contribution in [-0.4, -0.2) is 5.37 Å². The van der Waals surface area contributed by atoms with Crippen LogP contribution in [0, 0.1) is 0 Å². The van der Waals surface area contributed by atoms with Gasteiger partial charge in [-0.15, -0.1) is 0 Å². The Labute approximate surface area is 67.4 Å². The minimum atomic E-state index is -0.0669. The zero-order valence-electron chi connectivity index (χ0n) is 5.96. The summed E-state index contributed by atoms with van der Waals surface area (Å²) in [6.07, 6.45) is 9.78. The van der Waals surface area contributed by atoms with Gasteiger partial charge >= 0.3 is 0 Å². The third-order valence-electron chi connectivity index (χ3n) is 1.66. The van der Waals surface area contributed by atoms with Crippen LogP contribution in [0.25, 0.3) is 0 Å². The van der Waals surface area contributed by atoms with Crippen molar-refractivity contribution >= 4 is 12.6 Å². The molecule has 0 bridgehead atoms. The van der Waals surface area contributed by atoms with Crippen LogP contribution in [0.2, 0.25) is 0 Å². The molecule has 0 heterocycles. The van der Waals surface area contributed by atoms with Crippen LogP contribution in [-0.2, 0) is 0 Å². The largest absolute Gasteiger partial charge is 0.316 e. The smallest absolute Gasteiger partial charge is 0.0697 e. The van der Waals surface area contributed by atoms with E-state index >= 15 is 0 Å². The lowest BCUT2D eigenvalue weighted by atomic mass is 10.1. The van der Waals surface area contributed by atoms with E-state index in [9.17, 15) is 0 Å². The fourth-order valence-corrected chi connectivity index (χ4v) is 1.26. The molecular weight excluding hydrogens is 142 g/mol. The van der Waals surface area contributed by atoms with E-state index in [1.165, 1.54) is 18.4 Å². The molecule has 0 fully saturated rings. The maximum absolute atomic E-state index is 5.60. The van der Waals surface area contributed by atoms with E-state index in [-0.39, 0.29) is 5.37 Å². The molecule has 2 N–H and O–H groups in total. The lowest BCUT2D eigenvalue weighted by Crippen LogP contribution is -2.14. The number of hydrogen-bond acceptors (Lipinski definition) is 2. The Bertz CT molecular complexity index is 159. The maximum Gasteiger partial charge on any atom is 0.0697 e. The minimum Gasteiger partial charge on any atom is -0.316 e. The van der Waals surface area contributed by atoms with Gasteiger partial charge in [-0.25, -0.2) is 0 Å². The summed E-state index contributed by atoms with van der Waals surface area (Å²) in [6, 6.07) is 0. The van der Waals surface area contributed by atoms with Gasteiger partial charge in [-0.2, -0.15) is 12.6 Å². The minimum absolute atomic E-state index is 0.0669. The maximum atomic E-state index is 5.60. The molecule has 1 atom stereocenters. The number of hydrogen-bond donors (Lipinski definition) is 2. The average Bonchev–Trinajstić information content (AvgIpc) is 2.12. The topological polar surface area (TPSA) is 26.0 Å². The highest BCUT2D eigenvalue weighted by molar-refractivity contribution is 7.81. The first-order chi connectivity index (χ1) is 4.80. The van der Waals surface area contributed by atoms with Gasteiger partial charge in [0, 0.05) is 0 Å². The third-order valence-corrected chi connectivity index (χ3v) is 1.99. The molecule has 1 aliphatic carbocycles. The number of nitrogens with two attached hydrogens (primary N) is 1. The molecule has 0 amide bonds. The highest BCUT2D eigenvalue weighted by Crippen LogP contribution is 2.16. The van der Waals surface area contributed by atoms with E-state index < -0.39 is 0 Å².